The molecule has 1 fully saturated rings. The monoisotopic (exact) mass is 430 g/mol. The van der Waals surface area contributed by atoms with Crippen molar-refractivity contribution in [2.24, 2.45) is 0 Å². The molecule has 3 aromatic rings. The molecule has 0 atom stereocenters. The highest BCUT2D eigenvalue weighted by atomic mass is 16.5. The molecule has 32 heavy (non-hydrogen) atoms. The largest absolute Gasteiger partial charge is 0.489 e. The smallest absolute Gasteiger partial charge is 0.133 e. The molecule has 5 rings (SSSR count). The Balaban J connectivity index is 1.32. The molecule has 1 N–H and O–H groups in total. The fourth-order valence-electron chi connectivity index (χ4n) is 4.83. The highest BCUT2D eigenvalue weighted by molar-refractivity contribution is 5.55. The molecule has 3 heterocycles. The summed E-state index contributed by atoms with van der Waals surface area (Å²) in [4.78, 5) is 2.61. The van der Waals surface area contributed by atoms with Crippen LogP contribution in [0.5, 0.6) is 5.75 Å². The van der Waals surface area contributed by atoms with Crippen LogP contribution in [0.25, 0.3) is 5.69 Å². The van der Waals surface area contributed by atoms with E-state index < -0.39 is 0 Å². The minimum atomic E-state index is 0.583. The molecule has 1 aromatic heterocycles. The maximum atomic E-state index is 5.98. The third-order valence-corrected chi connectivity index (χ3v) is 6.66. The highest BCUT2D eigenvalue weighted by Crippen LogP contribution is 2.29. The zero-order valence-electron chi connectivity index (χ0n) is 18.9. The fourth-order valence-corrected chi connectivity index (χ4v) is 4.83. The lowest BCUT2D eigenvalue weighted by Crippen LogP contribution is -2.31. The Morgan fingerprint density at radius 2 is 1.69 bits per heavy atom. The van der Waals surface area contributed by atoms with Crippen molar-refractivity contribution < 1.29 is 4.74 Å². The molecule has 2 aliphatic heterocycles. The number of anilines is 1. The summed E-state index contributed by atoms with van der Waals surface area (Å²) in [6, 6.07) is 18.6. The number of nitrogens with one attached hydrogen (secondary N) is 1. The van der Waals surface area contributed by atoms with Crippen LogP contribution >= 0.6 is 0 Å². The second-order valence-electron chi connectivity index (χ2n) is 8.99. The van der Waals surface area contributed by atoms with Gasteiger partial charge < -0.3 is 15.0 Å². The summed E-state index contributed by atoms with van der Waals surface area (Å²) in [5, 5.41) is 8.77. The minimum Gasteiger partial charge on any atom is -0.489 e. The van der Waals surface area contributed by atoms with Crippen molar-refractivity contribution in [2.75, 3.05) is 31.5 Å². The van der Waals surface area contributed by atoms with Gasteiger partial charge in [-0.25, -0.2) is 4.68 Å². The van der Waals surface area contributed by atoms with Crippen molar-refractivity contribution in [3.05, 3.63) is 71.4 Å². The normalized spacial score (nSPS) is 16.8. The molecule has 0 radical (unpaired) electrons. The maximum Gasteiger partial charge on any atom is 0.133 e. The maximum absolute atomic E-state index is 5.98. The molecular weight excluding hydrogens is 396 g/mol. The number of benzene rings is 2. The summed E-state index contributed by atoms with van der Waals surface area (Å²) in [6.45, 7) is 5.20. The first kappa shape index (κ1) is 21.1. The van der Waals surface area contributed by atoms with E-state index in [1.54, 1.807) is 0 Å². The van der Waals surface area contributed by atoms with Crippen molar-refractivity contribution in [3.63, 3.8) is 0 Å². The predicted octanol–water partition coefficient (Wildman–Crippen LogP) is 5.23. The standard InChI is InChI=1S/C27H34N4O/c1-3-9-22(10-4-1)21-32-24-14-12-23(13-15-24)31-27-25(11-5-6-17-28-27)26(29-31)16-20-30-18-7-2-8-19-30/h1,3-4,9-10,12-15,28H,2,5-8,11,16-21H2. The van der Waals surface area contributed by atoms with Crippen LogP contribution in [0.1, 0.15) is 48.9 Å². The average Bonchev–Trinajstić information content (AvgIpc) is 3.02. The quantitative estimate of drug-likeness (QED) is 0.557. The summed E-state index contributed by atoms with van der Waals surface area (Å²) in [5.41, 5.74) is 4.96. The van der Waals surface area contributed by atoms with Gasteiger partial charge in [-0.05, 0) is 75.0 Å². The van der Waals surface area contributed by atoms with Crippen molar-refractivity contribution >= 4 is 5.82 Å². The fraction of sp³-hybridized carbons (Fsp3) is 0.444. The Labute approximate surface area is 191 Å². The Hall–Kier alpha value is -2.79. The molecule has 2 aromatic carbocycles. The number of hydrogen-bond acceptors (Lipinski definition) is 4. The lowest BCUT2D eigenvalue weighted by molar-refractivity contribution is 0.230. The molecule has 0 spiro atoms. The van der Waals surface area contributed by atoms with Gasteiger partial charge in [0.15, 0.2) is 0 Å². The molecule has 0 aliphatic carbocycles. The summed E-state index contributed by atoms with van der Waals surface area (Å²) >= 11 is 0. The topological polar surface area (TPSA) is 42.3 Å². The van der Waals surface area contributed by atoms with Crippen LogP contribution < -0.4 is 10.1 Å². The molecule has 5 nitrogen and oxygen atoms in total. The van der Waals surface area contributed by atoms with Gasteiger partial charge in [0, 0.05) is 25.1 Å². The molecular formula is C27H34N4O. The summed E-state index contributed by atoms with van der Waals surface area (Å²) in [5.74, 6) is 2.07. The van der Waals surface area contributed by atoms with Crippen LogP contribution in [0, 0.1) is 0 Å². The Kier molecular flexibility index (Phi) is 6.73. The van der Waals surface area contributed by atoms with Crippen LogP contribution in [0.3, 0.4) is 0 Å². The summed E-state index contributed by atoms with van der Waals surface area (Å²) < 4.78 is 8.09. The number of likely N-dealkylation sites (tertiary alicyclic amines) is 1. The Morgan fingerprint density at radius 1 is 0.875 bits per heavy atom. The zero-order valence-corrected chi connectivity index (χ0v) is 18.9. The molecule has 1 saturated heterocycles. The molecule has 2 aliphatic rings. The Morgan fingerprint density at radius 3 is 2.50 bits per heavy atom. The van der Waals surface area contributed by atoms with Crippen LogP contribution in [0.15, 0.2) is 54.6 Å². The SMILES string of the molecule is c1ccc(COc2ccc(-n3nc(CCN4CCCCC4)c4c3NCCCC4)cc2)cc1. The summed E-state index contributed by atoms with van der Waals surface area (Å²) in [7, 11) is 0. The van der Waals surface area contributed by atoms with E-state index in [9.17, 15) is 0 Å². The molecule has 0 bridgehead atoms. The van der Waals surface area contributed by atoms with E-state index in [-0.39, 0.29) is 0 Å². The van der Waals surface area contributed by atoms with Gasteiger partial charge in [-0.3, -0.25) is 0 Å². The minimum absolute atomic E-state index is 0.583. The number of hydrogen-bond donors (Lipinski definition) is 1. The van der Waals surface area contributed by atoms with Gasteiger partial charge >= 0.3 is 0 Å². The first-order chi connectivity index (χ1) is 15.9. The van der Waals surface area contributed by atoms with E-state index in [4.69, 9.17) is 9.84 Å². The third kappa shape index (κ3) is 4.99. The molecule has 0 unspecified atom stereocenters. The first-order valence-electron chi connectivity index (χ1n) is 12.2. The third-order valence-electron chi connectivity index (χ3n) is 6.66. The van der Waals surface area contributed by atoms with Gasteiger partial charge in [0.1, 0.15) is 18.2 Å². The van der Waals surface area contributed by atoms with E-state index >= 15 is 0 Å². The second kappa shape index (κ2) is 10.2. The number of rotatable bonds is 7. The second-order valence-corrected chi connectivity index (χ2v) is 8.99. The highest BCUT2D eigenvalue weighted by Gasteiger charge is 2.21. The van der Waals surface area contributed by atoms with E-state index in [0.29, 0.717) is 6.61 Å². The van der Waals surface area contributed by atoms with Gasteiger partial charge in [-0.1, -0.05) is 36.8 Å². The van der Waals surface area contributed by atoms with Gasteiger partial charge in [0.05, 0.1) is 11.4 Å². The molecule has 5 heteroatoms. The van der Waals surface area contributed by atoms with Crippen molar-refractivity contribution in [1.29, 1.82) is 0 Å². The van der Waals surface area contributed by atoms with Crippen LogP contribution in [-0.4, -0.2) is 40.9 Å². The van der Waals surface area contributed by atoms with Crippen LogP contribution in [0.4, 0.5) is 5.82 Å². The Bertz CT molecular complexity index is 991. The summed E-state index contributed by atoms with van der Waals surface area (Å²) in [6.07, 6.45) is 8.67. The predicted molar refractivity (Wildman–Crippen MR) is 130 cm³/mol. The number of aromatic nitrogens is 2. The lowest BCUT2D eigenvalue weighted by atomic mass is 10.1. The molecule has 168 valence electrons. The van der Waals surface area contributed by atoms with E-state index in [1.807, 2.05) is 18.2 Å². The van der Waals surface area contributed by atoms with Crippen molar-refractivity contribution in [3.8, 4) is 11.4 Å². The van der Waals surface area contributed by atoms with Crippen LogP contribution in [0.2, 0.25) is 0 Å². The van der Waals surface area contributed by atoms with Gasteiger partial charge in [-0.2, -0.15) is 5.10 Å². The van der Waals surface area contributed by atoms with E-state index in [1.165, 1.54) is 67.8 Å². The van der Waals surface area contributed by atoms with Crippen molar-refractivity contribution in [1.82, 2.24) is 14.7 Å². The average molecular weight is 431 g/mol. The number of fused-ring (bicyclic) bond motifs is 1. The first-order valence-corrected chi connectivity index (χ1v) is 12.2. The van der Waals surface area contributed by atoms with E-state index in [2.05, 4.69) is 51.3 Å². The number of piperidine rings is 1. The molecule has 0 saturated carbocycles. The van der Waals surface area contributed by atoms with Gasteiger partial charge in [0.25, 0.3) is 0 Å². The molecule has 0 amide bonds. The number of nitrogens with zero attached hydrogens (tertiary/aromatic N) is 3. The van der Waals surface area contributed by atoms with Gasteiger partial charge in [-0.15, -0.1) is 0 Å². The van der Waals surface area contributed by atoms with Gasteiger partial charge in [0.2, 0.25) is 0 Å². The zero-order chi connectivity index (χ0) is 21.6. The van der Waals surface area contributed by atoms with Crippen molar-refractivity contribution in [2.45, 2.75) is 51.6 Å². The lowest BCUT2D eigenvalue weighted by Gasteiger charge is -2.26. The van der Waals surface area contributed by atoms with E-state index in [0.717, 1.165) is 37.4 Å². The number of ether oxygens (including phenoxy) is 1. The van der Waals surface area contributed by atoms with Crippen LogP contribution in [-0.2, 0) is 19.4 Å².